The Kier molecular flexibility index (Phi) is 9.08. The summed E-state index contributed by atoms with van der Waals surface area (Å²) in [6.07, 6.45) is -5.65. The molecule has 2 aliphatic carbocycles. The number of fused-ring (bicyclic) bond motifs is 1. The van der Waals surface area contributed by atoms with Crippen LogP contribution in [0.3, 0.4) is 0 Å². The zero-order valence-electron chi connectivity index (χ0n) is 23.8. The normalized spacial score (nSPS) is 18.9. The summed E-state index contributed by atoms with van der Waals surface area (Å²) < 4.78 is 106. The van der Waals surface area contributed by atoms with E-state index in [0.29, 0.717) is 11.4 Å². The van der Waals surface area contributed by atoms with Crippen molar-refractivity contribution in [1.82, 2.24) is 34.8 Å². The van der Waals surface area contributed by atoms with Crippen molar-refractivity contribution >= 4 is 17.6 Å². The average molecular weight is 650 g/mol. The fourth-order valence-electron chi connectivity index (χ4n) is 5.49. The molecule has 0 bridgehead atoms. The van der Waals surface area contributed by atoms with Gasteiger partial charge in [0, 0.05) is 44.4 Å². The maximum Gasteiger partial charge on any atom is 0.390 e. The van der Waals surface area contributed by atoms with Crippen molar-refractivity contribution < 1.29 is 44.7 Å². The number of hydrogen-bond acceptors (Lipinski definition) is 5. The Hall–Kier alpha value is -3.79. The van der Waals surface area contributed by atoms with Gasteiger partial charge in [-0.3, -0.25) is 18.7 Å². The summed E-state index contributed by atoms with van der Waals surface area (Å²) in [6.45, 7) is -0.483. The number of amides is 2. The second kappa shape index (κ2) is 12.5. The molecule has 9 nitrogen and oxygen atoms in total. The van der Waals surface area contributed by atoms with Crippen LogP contribution in [0.25, 0.3) is 5.78 Å². The Morgan fingerprint density at radius 3 is 2.16 bits per heavy atom. The van der Waals surface area contributed by atoms with Gasteiger partial charge in [0.1, 0.15) is 0 Å². The second-order valence-electron chi connectivity index (χ2n) is 11.7. The summed E-state index contributed by atoms with van der Waals surface area (Å²) in [4.78, 5) is 34.5. The maximum absolute atomic E-state index is 14.0. The first kappa shape index (κ1) is 32.6. The molecule has 2 aliphatic rings. The molecule has 5 rings (SSSR count). The van der Waals surface area contributed by atoms with Crippen molar-refractivity contribution in [2.24, 2.45) is 11.8 Å². The van der Waals surface area contributed by atoms with Crippen LogP contribution in [0.15, 0.2) is 30.9 Å². The molecule has 17 heteroatoms. The lowest BCUT2D eigenvalue weighted by atomic mass is 9.81. The van der Waals surface area contributed by atoms with Crippen LogP contribution in [0.2, 0.25) is 0 Å². The number of aryl methyl sites for hydroxylation is 1. The summed E-state index contributed by atoms with van der Waals surface area (Å²) in [7, 11) is 0. The van der Waals surface area contributed by atoms with Crippen LogP contribution < -0.4 is 10.6 Å². The quantitative estimate of drug-likeness (QED) is 0.245. The number of carbonyl (C=O) groups is 2. The number of imidazole rings is 1. The molecule has 2 atom stereocenters. The smallest absolute Gasteiger partial charge is 0.347 e. The molecule has 3 aromatic heterocycles. The molecule has 2 fully saturated rings. The van der Waals surface area contributed by atoms with Crippen molar-refractivity contribution in [3.63, 3.8) is 0 Å². The minimum Gasteiger partial charge on any atom is -0.347 e. The third-order valence-corrected chi connectivity index (χ3v) is 8.09. The highest BCUT2D eigenvalue weighted by molar-refractivity contribution is 5.94. The van der Waals surface area contributed by atoms with Crippen LogP contribution in [-0.2, 0) is 11.3 Å². The van der Waals surface area contributed by atoms with E-state index in [1.807, 2.05) is 0 Å². The van der Waals surface area contributed by atoms with E-state index in [1.165, 1.54) is 6.20 Å². The summed E-state index contributed by atoms with van der Waals surface area (Å²) >= 11 is 0. The van der Waals surface area contributed by atoms with E-state index in [1.54, 1.807) is 22.9 Å². The zero-order chi connectivity index (χ0) is 32.6. The molecule has 2 N–H and O–H groups in total. The van der Waals surface area contributed by atoms with Gasteiger partial charge < -0.3 is 10.6 Å². The van der Waals surface area contributed by atoms with Crippen LogP contribution in [-0.4, -0.2) is 54.2 Å². The summed E-state index contributed by atoms with van der Waals surface area (Å²) in [5, 5.41) is 9.26. The number of aromatic nitrogens is 5. The van der Waals surface area contributed by atoms with Crippen molar-refractivity contribution in [1.29, 1.82) is 0 Å². The molecular formula is C28H31F8N7O2. The lowest BCUT2D eigenvalue weighted by Gasteiger charge is -2.33. The van der Waals surface area contributed by atoms with Gasteiger partial charge in [-0.1, -0.05) is 0 Å². The van der Waals surface area contributed by atoms with E-state index in [-0.39, 0.29) is 30.1 Å². The molecule has 0 aromatic carbocycles. The first-order valence-corrected chi connectivity index (χ1v) is 14.5. The average Bonchev–Trinajstić information content (AvgIpc) is 3.52. The van der Waals surface area contributed by atoms with E-state index < -0.39 is 86.7 Å². The van der Waals surface area contributed by atoms with E-state index in [0.717, 1.165) is 23.7 Å². The molecule has 2 amide bonds. The minimum atomic E-state index is -4.47. The molecule has 0 aliphatic heterocycles. The molecule has 0 unspecified atom stereocenters. The Bertz CT molecular complexity index is 1500. The standard InChI is InChI=1S/C28H31F8N7O2/c29-26(30)7-3-17(4-8-26)23(41-24(45)18-13-37-43(14-18)12-10-28(34,35)36)20-15-42-11-6-19(38-25(42)39-20)22(16-1-2-16)40-21(44)5-9-27(31,32)33/h6,11,13-17,22-23H,1-5,7-10,12H2,(H,40,44)(H,41,45)/t22-,23+/m1/s1. The molecule has 0 saturated heterocycles. The van der Waals surface area contributed by atoms with Gasteiger partial charge in [-0.25, -0.2) is 18.7 Å². The van der Waals surface area contributed by atoms with Crippen LogP contribution in [0.1, 0.15) is 91.6 Å². The maximum atomic E-state index is 14.0. The van der Waals surface area contributed by atoms with E-state index >= 15 is 0 Å². The monoisotopic (exact) mass is 649 g/mol. The number of nitrogens with zero attached hydrogens (tertiary/aromatic N) is 5. The van der Waals surface area contributed by atoms with Crippen molar-refractivity contribution in [3.8, 4) is 0 Å². The van der Waals surface area contributed by atoms with Crippen LogP contribution in [0.5, 0.6) is 0 Å². The summed E-state index contributed by atoms with van der Waals surface area (Å²) in [5.74, 6) is -4.55. The topological polar surface area (TPSA) is 106 Å². The fraction of sp³-hybridized carbons (Fsp3) is 0.607. The van der Waals surface area contributed by atoms with Gasteiger partial charge >= 0.3 is 12.4 Å². The number of nitrogens with one attached hydrogen (secondary N) is 2. The number of alkyl halides is 8. The molecule has 2 saturated carbocycles. The molecule has 0 spiro atoms. The molecule has 3 heterocycles. The number of carbonyl (C=O) groups excluding carboxylic acids is 2. The second-order valence-corrected chi connectivity index (χ2v) is 11.7. The Balaban J connectivity index is 1.36. The van der Waals surface area contributed by atoms with Gasteiger partial charge in [0.25, 0.3) is 5.91 Å². The first-order valence-electron chi connectivity index (χ1n) is 14.5. The molecule has 45 heavy (non-hydrogen) atoms. The van der Waals surface area contributed by atoms with E-state index in [9.17, 15) is 44.7 Å². The summed E-state index contributed by atoms with van der Waals surface area (Å²) in [6, 6.07) is 0.134. The number of halogens is 8. The lowest BCUT2D eigenvalue weighted by molar-refractivity contribution is -0.144. The Morgan fingerprint density at radius 2 is 1.51 bits per heavy atom. The lowest BCUT2D eigenvalue weighted by Crippen LogP contribution is -2.37. The molecule has 3 aromatic rings. The van der Waals surface area contributed by atoms with Gasteiger partial charge in [0.15, 0.2) is 0 Å². The van der Waals surface area contributed by atoms with Crippen molar-refractivity contribution in [3.05, 3.63) is 47.8 Å². The summed E-state index contributed by atoms with van der Waals surface area (Å²) in [5.41, 5.74) is 0.692. The highest BCUT2D eigenvalue weighted by Gasteiger charge is 2.40. The van der Waals surface area contributed by atoms with Crippen molar-refractivity contribution in [2.45, 2.75) is 94.7 Å². The van der Waals surface area contributed by atoms with E-state index in [4.69, 9.17) is 0 Å². The van der Waals surface area contributed by atoms with Gasteiger partial charge in [0.05, 0.1) is 48.1 Å². The zero-order valence-corrected chi connectivity index (χ0v) is 23.8. The highest BCUT2D eigenvalue weighted by atomic mass is 19.4. The van der Waals surface area contributed by atoms with Gasteiger partial charge in [-0.15, -0.1) is 0 Å². The Morgan fingerprint density at radius 1 is 0.889 bits per heavy atom. The third-order valence-electron chi connectivity index (χ3n) is 8.09. The molecular weight excluding hydrogens is 618 g/mol. The van der Waals surface area contributed by atoms with E-state index in [2.05, 4.69) is 25.7 Å². The van der Waals surface area contributed by atoms with Crippen molar-refractivity contribution in [2.75, 3.05) is 0 Å². The third kappa shape index (κ3) is 8.90. The SMILES string of the molecule is O=C(CCC(F)(F)F)N[C@@H](c1ccn2cc([C@@H](NC(=O)c3cnn(CCC(F)(F)F)c3)C3CCC(F)(F)CC3)nc2n1)C1CC1. The van der Waals surface area contributed by atoms with Crippen LogP contribution in [0, 0.1) is 11.8 Å². The predicted octanol–water partition coefficient (Wildman–Crippen LogP) is 6.08. The highest BCUT2D eigenvalue weighted by Crippen LogP contribution is 2.42. The number of rotatable bonds is 11. The van der Waals surface area contributed by atoms with Gasteiger partial charge in [-0.05, 0) is 43.6 Å². The minimum absolute atomic E-state index is 0.00258. The fourth-order valence-corrected chi connectivity index (χ4v) is 5.49. The van der Waals surface area contributed by atoms with Gasteiger partial charge in [0.2, 0.25) is 17.6 Å². The predicted molar refractivity (Wildman–Crippen MR) is 142 cm³/mol. The first-order chi connectivity index (χ1) is 21.1. The van der Waals surface area contributed by atoms with Crippen LogP contribution in [0.4, 0.5) is 35.1 Å². The van der Waals surface area contributed by atoms with Gasteiger partial charge in [-0.2, -0.15) is 31.4 Å². The number of hydrogen-bond donors (Lipinski definition) is 2. The molecule has 0 radical (unpaired) electrons. The Labute approximate surface area is 251 Å². The largest absolute Gasteiger partial charge is 0.390 e. The van der Waals surface area contributed by atoms with Crippen LogP contribution >= 0.6 is 0 Å². The molecule has 246 valence electrons.